The number of aromatic nitrogens is 3. The number of esters is 1. The standard InChI is InChI=1S/C24H32N4O4/c1-3-32-23(30)21(18-15-26-24(31-2)27-16-18)13-12-20(29)9-5-4-8-19-11-10-17-7-6-14-25-22(17)28-19/h10-11,15-16,21H,3-9,12-14H2,1-2H3,(H,25,28). The molecule has 1 aliphatic heterocycles. The molecule has 0 aliphatic carbocycles. The Bertz CT molecular complexity index is 901. The third-order valence-corrected chi connectivity index (χ3v) is 5.61. The van der Waals surface area contributed by atoms with Gasteiger partial charge in [0, 0.05) is 43.0 Å². The number of rotatable bonds is 12. The third-order valence-electron chi connectivity index (χ3n) is 5.61. The van der Waals surface area contributed by atoms with Crippen LogP contribution < -0.4 is 10.1 Å². The average molecular weight is 441 g/mol. The topological polar surface area (TPSA) is 103 Å². The fourth-order valence-electron chi connectivity index (χ4n) is 3.84. The molecular formula is C24H32N4O4. The van der Waals surface area contributed by atoms with Crippen molar-refractivity contribution in [3.63, 3.8) is 0 Å². The first-order valence-electron chi connectivity index (χ1n) is 11.4. The largest absolute Gasteiger partial charge is 0.467 e. The van der Waals surface area contributed by atoms with Crippen LogP contribution >= 0.6 is 0 Å². The molecule has 2 aromatic heterocycles. The molecule has 0 spiro atoms. The van der Waals surface area contributed by atoms with E-state index in [0.29, 0.717) is 24.8 Å². The summed E-state index contributed by atoms with van der Waals surface area (Å²) < 4.78 is 10.2. The molecule has 1 aliphatic rings. The van der Waals surface area contributed by atoms with Crippen molar-refractivity contribution in [2.24, 2.45) is 0 Å². The number of fused-ring (bicyclic) bond motifs is 1. The van der Waals surface area contributed by atoms with Gasteiger partial charge in [0.2, 0.25) is 0 Å². The average Bonchev–Trinajstić information content (AvgIpc) is 2.82. The molecule has 0 aromatic carbocycles. The lowest BCUT2D eigenvalue weighted by Gasteiger charge is -2.17. The Morgan fingerprint density at radius 2 is 1.97 bits per heavy atom. The Hall–Kier alpha value is -3.03. The molecule has 1 unspecified atom stereocenters. The van der Waals surface area contributed by atoms with E-state index in [-0.39, 0.29) is 24.4 Å². The van der Waals surface area contributed by atoms with Crippen molar-refractivity contribution in [2.75, 3.05) is 25.6 Å². The van der Waals surface area contributed by atoms with Crippen LogP contribution in [0.25, 0.3) is 0 Å². The van der Waals surface area contributed by atoms with Crippen molar-refractivity contribution in [1.29, 1.82) is 0 Å². The zero-order valence-electron chi connectivity index (χ0n) is 18.9. The van der Waals surface area contributed by atoms with Crippen molar-refractivity contribution < 1.29 is 19.1 Å². The van der Waals surface area contributed by atoms with Gasteiger partial charge >= 0.3 is 12.0 Å². The number of carbonyl (C=O) groups is 2. The van der Waals surface area contributed by atoms with E-state index in [1.165, 1.54) is 12.7 Å². The van der Waals surface area contributed by atoms with Crippen LogP contribution in [0, 0.1) is 0 Å². The van der Waals surface area contributed by atoms with Crippen LogP contribution in [0.3, 0.4) is 0 Å². The number of hydrogen-bond acceptors (Lipinski definition) is 8. The van der Waals surface area contributed by atoms with Gasteiger partial charge in [0.25, 0.3) is 0 Å². The van der Waals surface area contributed by atoms with E-state index in [0.717, 1.165) is 50.2 Å². The number of ketones is 1. The summed E-state index contributed by atoms with van der Waals surface area (Å²) >= 11 is 0. The van der Waals surface area contributed by atoms with Crippen molar-refractivity contribution in [3.8, 4) is 6.01 Å². The molecule has 3 rings (SSSR count). The van der Waals surface area contributed by atoms with Gasteiger partial charge in [0.05, 0.1) is 19.6 Å². The minimum Gasteiger partial charge on any atom is -0.467 e. The van der Waals surface area contributed by atoms with Crippen LogP contribution in [0.15, 0.2) is 24.5 Å². The van der Waals surface area contributed by atoms with Gasteiger partial charge in [-0.15, -0.1) is 0 Å². The molecule has 0 saturated carbocycles. The lowest BCUT2D eigenvalue weighted by Crippen LogP contribution is -2.18. The molecule has 0 bridgehead atoms. The maximum Gasteiger partial charge on any atom is 0.316 e. The Morgan fingerprint density at radius 1 is 1.16 bits per heavy atom. The molecule has 0 amide bonds. The highest BCUT2D eigenvalue weighted by Crippen LogP contribution is 2.24. The van der Waals surface area contributed by atoms with E-state index in [1.807, 2.05) is 0 Å². The van der Waals surface area contributed by atoms with Gasteiger partial charge in [0.1, 0.15) is 11.6 Å². The molecule has 1 atom stereocenters. The SMILES string of the molecule is CCOC(=O)C(CCC(=O)CCCCc1ccc2c(n1)NCCC2)c1cnc(OC)nc1. The number of hydrogen-bond donors (Lipinski definition) is 1. The number of pyridine rings is 1. The summed E-state index contributed by atoms with van der Waals surface area (Å²) in [5.74, 6) is 0.240. The smallest absolute Gasteiger partial charge is 0.316 e. The first-order valence-corrected chi connectivity index (χ1v) is 11.4. The van der Waals surface area contributed by atoms with E-state index >= 15 is 0 Å². The summed E-state index contributed by atoms with van der Waals surface area (Å²) in [5.41, 5.74) is 2.98. The zero-order chi connectivity index (χ0) is 22.8. The first kappa shape index (κ1) is 23.6. The van der Waals surface area contributed by atoms with Crippen LogP contribution in [0.5, 0.6) is 6.01 Å². The Kier molecular flexibility index (Phi) is 8.95. The molecule has 0 radical (unpaired) electrons. The maximum absolute atomic E-state index is 12.4. The van der Waals surface area contributed by atoms with Crippen molar-refractivity contribution in [1.82, 2.24) is 15.0 Å². The second-order valence-electron chi connectivity index (χ2n) is 7.93. The molecule has 2 aromatic rings. The number of carbonyl (C=O) groups excluding carboxylic acids is 2. The van der Waals surface area contributed by atoms with E-state index < -0.39 is 5.92 Å². The minimum atomic E-state index is -0.558. The number of ether oxygens (including phenoxy) is 2. The van der Waals surface area contributed by atoms with Gasteiger partial charge in [-0.25, -0.2) is 15.0 Å². The first-order chi connectivity index (χ1) is 15.6. The number of anilines is 1. The van der Waals surface area contributed by atoms with E-state index in [4.69, 9.17) is 14.5 Å². The lowest BCUT2D eigenvalue weighted by molar-refractivity contribution is -0.145. The summed E-state index contributed by atoms with van der Waals surface area (Å²) in [7, 11) is 1.48. The van der Waals surface area contributed by atoms with Crippen molar-refractivity contribution >= 4 is 17.6 Å². The van der Waals surface area contributed by atoms with Gasteiger partial charge in [-0.1, -0.05) is 6.07 Å². The Morgan fingerprint density at radius 3 is 2.72 bits per heavy atom. The Labute approximate surface area is 189 Å². The van der Waals surface area contributed by atoms with Crippen LogP contribution in [0.1, 0.15) is 68.2 Å². The summed E-state index contributed by atoms with van der Waals surface area (Å²) in [6, 6.07) is 4.48. The van der Waals surface area contributed by atoms with Gasteiger partial charge < -0.3 is 14.8 Å². The van der Waals surface area contributed by atoms with Crippen LogP contribution in [-0.2, 0) is 27.2 Å². The summed E-state index contributed by atoms with van der Waals surface area (Å²) in [6.45, 7) is 3.03. The van der Waals surface area contributed by atoms with Crippen LogP contribution in [0.4, 0.5) is 5.82 Å². The van der Waals surface area contributed by atoms with Gasteiger partial charge in [0.15, 0.2) is 0 Å². The molecule has 3 heterocycles. The molecule has 0 saturated heterocycles. The highest BCUT2D eigenvalue weighted by atomic mass is 16.5. The fourth-order valence-corrected chi connectivity index (χ4v) is 3.84. The molecule has 8 heteroatoms. The summed E-state index contributed by atoms with van der Waals surface area (Å²) in [5, 5.41) is 3.36. The Balaban J connectivity index is 1.44. The molecule has 8 nitrogen and oxygen atoms in total. The third kappa shape index (κ3) is 6.73. The molecule has 1 N–H and O–H groups in total. The predicted octanol–water partition coefficient (Wildman–Crippen LogP) is 3.65. The normalized spacial score (nSPS) is 13.6. The number of methoxy groups -OCH3 is 1. The second-order valence-corrected chi connectivity index (χ2v) is 7.93. The van der Waals surface area contributed by atoms with Crippen molar-refractivity contribution in [2.45, 2.75) is 64.2 Å². The van der Waals surface area contributed by atoms with E-state index in [9.17, 15) is 9.59 Å². The minimum absolute atomic E-state index is 0.147. The number of unbranched alkanes of at least 4 members (excludes halogenated alkanes) is 1. The van der Waals surface area contributed by atoms with E-state index in [1.54, 1.807) is 19.3 Å². The zero-order valence-corrected chi connectivity index (χ0v) is 18.9. The van der Waals surface area contributed by atoms with E-state index in [2.05, 4.69) is 27.4 Å². The second kappa shape index (κ2) is 12.1. The highest BCUT2D eigenvalue weighted by molar-refractivity contribution is 5.81. The monoisotopic (exact) mass is 440 g/mol. The van der Waals surface area contributed by atoms with Gasteiger partial charge in [-0.3, -0.25) is 9.59 Å². The summed E-state index contributed by atoms with van der Waals surface area (Å²) in [4.78, 5) is 37.7. The quantitative estimate of drug-likeness (QED) is 0.394. The molecule has 172 valence electrons. The van der Waals surface area contributed by atoms with Gasteiger partial charge in [-0.2, -0.15) is 0 Å². The van der Waals surface area contributed by atoms with Crippen LogP contribution in [0.2, 0.25) is 0 Å². The molecule has 0 fully saturated rings. The maximum atomic E-state index is 12.4. The lowest BCUT2D eigenvalue weighted by atomic mass is 9.94. The van der Waals surface area contributed by atoms with Gasteiger partial charge in [-0.05, 0) is 57.1 Å². The highest BCUT2D eigenvalue weighted by Gasteiger charge is 2.24. The molecular weight excluding hydrogens is 408 g/mol. The van der Waals surface area contributed by atoms with Crippen molar-refractivity contribution in [3.05, 3.63) is 41.3 Å². The number of Topliss-reactive ketones (excluding diaryl/α,β-unsaturated/α-hetero) is 1. The predicted molar refractivity (Wildman–Crippen MR) is 121 cm³/mol. The van der Waals surface area contributed by atoms with Crippen LogP contribution in [-0.4, -0.2) is 47.0 Å². The number of aryl methyl sites for hydroxylation is 2. The number of nitrogens with one attached hydrogen (secondary N) is 1. The molecule has 32 heavy (non-hydrogen) atoms. The number of nitrogens with zero attached hydrogens (tertiary/aromatic N) is 3. The summed E-state index contributed by atoms with van der Waals surface area (Å²) in [6.07, 6.45) is 9.11. The fraction of sp³-hybridized carbons (Fsp3) is 0.542.